The predicted octanol–water partition coefficient (Wildman–Crippen LogP) is 2.05. The van der Waals surface area contributed by atoms with Gasteiger partial charge in [-0.25, -0.2) is 9.59 Å². The Morgan fingerprint density at radius 2 is 1.90 bits per heavy atom. The van der Waals surface area contributed by atoms with E-state index in [4.69, 9.17) is 0 Å². The van der Waals surface area contributed by atoms with Crippen LogP contribution in [-0.2, 0) is 0 Å². The number of anilines is 1. The molecule has 1 saturated heterocycles. The Labute approximate surface area is 121 Å². The van der Waals surface area contributed by atoms with Gasteiger partial charge in [0.15, 0.2) is 0 Å². The molecule has 7 heteroatoms. The second-order valence-corrected chi connectivity index (χ2v) is 6.17. The fourth-order valence-electron chi connectivity index (χ4n) is 2.22. The number of piperidine rings is 1. The topological polar surface area (TPSA) is 89.9 Å². The summed E-state index contributed by atoms with van der Waals surface area (Å²) in [5.41, 5.74) is 0.852. The second-order valence-electron chi connectivity index (χ2n) is 4.94. The fourth-order valence-corrected chi connectivity index (χ4v) is 3.26. The Balaban J connectivity index is 2.12. The highest BCUT2D eigenvalue weighted by atomic mass is 32.1. The van der Waals surface area contributed by atoms with E-state index < -0.39 is 5.97 Å². The molecule has 0 unspecified atom stereocenters. The van der Waals surface area contributed by atoms with Gasteiger partial charge in [0.25, 0.3) is 0 Å². The van der Waals surface area contributed by atoms with Crippen LogP contribution in [0.4, 0.5) is 9.80 Å². The maximum absolute atomic E-state index is 12.1. The van der Waals surface area contributed by atoms with E-state index >= 15 is 0 Å². The highest BCUT2D eigenvalue weighted by Crippen LogP contribution is 2.32. The molecule has 2 amide bonds. The first-order valence-corrected chi connectivity index (χ1v) is 7.29. The number of urea groups is 1. The van der Waals surface area contributed by atoms with Crippen molar-refractivity contribution in [3.05, 3.63) is 16.0 Å². The SMILES string of the molecule is Cc1sc(NC(=O)N2CCC(O)CC2)c(C(=O)O)c1C. The highest BCUT2D eigenvalue weighted by Gasteiger charge is 2.25. The summed E-state index contributed by atoms with van der Waals surface area (Å²) in [6, 6.07) is -0.305. The molecule has 1 aliphatic heterocycles. The summed E-state index contributed by atoms with van der Waals surface area (Å²) in [6.45, 7) is 4.54. The van der Waals surface area contributed by atoms with Crippen LogP contribution in [0.25, 0.3) is 0 Å². The number of nitrogens with zero attached hydrogens (tertiary/aromatic N) is 1. The Morgan fingerprint density at radius 1 is 1.30 bits per heavy atom. The van der Waals surface area contributed by atoms with E-state index in [0.717, 1.165) is 4.88 Å². The maximum Gasteiger partial charge on any atom is 0.338 e. The van der Waals surface area contributed by atoms with Crippen LogP contribution in [0, 0.1) is 13.8 Å². The number of rotatable bonds is 2. The van der Waals surface area contributed by atoms with E-state index in [2.05, 4.69) is 5.32 Å². The van der Waals surface area contributed by atoms with Crippen molar-refractivity contribution in [2.45, 2.75) is 32.8 Å². The smallest absolute Gasteiger partial charge is 0.338 e. The number of aliphatic hydroxyl groups is 1. The van der Waals surface area contributed by atoms with Crippen LogP contribution in [0.15, 0.2) is 0 Å². The lowest BCUT2D eigenvalue weighted by Crippen LogP contribution is -2.42. The molecule has 0 saturated carbocycles. The normalized spacial score (nSPS) is 16.2. The Hall–Kier alpha value is -1.60. The van der Waals surface area contributed by atoms with Crippen molar-refractivity contribution in [2.24, 2.45) is 0 Å². The van der Waals surface area contributed by atoms with Crippen LogP contribution in [0.1, 0.15) is 33.6 Å². The predicted molar refractivity (Wildman–Crippen MR) is 76.6 cm³/mol. The average molecular weight is 298 g/mol. The molecule has 2 rings (SSSR count). The zero-order valence-electron chi connectivity index (χ0n) is 11.5. The minimum absolute atomic E-state index is 0.165. The molecule has 0 spiro atoms. The van der Waals surface area contributed by atoms with Crippen molar-refractivity contribution in [1.29, 1.82) is 0 Å². The van der Waals surface area contributed by atoms with Gasteiger partial charge in [0.05, 0.1) is 11.7 Å². The number of aryl methyl sites for hydroxylation is 1. The molecule has 2 heterocycles. The number of carboxylic acid groups (broad SMARTS) is 1. The summed E-state index contributed by atoms with van der Waals surface area (Å²) in [6.07, 6.45) is 0.767. The number of nitrogens with one attached hydrogen (secondary N) is 1. The third kappa shape index (κ3) is 2.94. The van der Waals surface area contributed by atoms with Gasteiger partial charge in [0.1, 0.15) is 5.00 Å². The van der Waals surface area contributed by atoms with Crippen LogP contribution >= 0.6 is 11.3 Å². The van der Waals surface area contributed by atoms with E-state index in [9.17, 15) is 19.8 Å². The van der Waals surface area contributed by atoms with Crippen LogP contribution in [0.5, 0.6) is 0 Å². The van der Waals surface area contributed by atoms with Crippen molar-refractivity contribution in [3.8, 4) is 0 Å². The number of likely N-dealkylation sites (tertiary alicyclic amines) is 1. The first-order valence-electron chi connectivity index (χ1n) is 6.47. The summed E-state index contributed by atoms with van der Waals surface area (Å²) in [7, 11) is 0. The Bertz CT molecular complexity index is 533. The van der Waals surface area contributed by atoms with Gasteiger partial charge in [0, 0.05) is 18.0 Å². The summed E-state index contributed by atoms with van der Waals surface area (Å²) in [5, 5.41) is 21.7. The summed E-state index contributed by atoms with van der Waals surface area (Å²) < 4.78 is 0. The van der Waals surface area contributed by atoms with Crippen LogP contribution in [0.3, 0.4) is 0 Å². The van der Waals surface area contributed by atoms with E-state index in [1.54, 1.807) is 11.8 Å². The maximum atomic E-state index is 12.1. The molecule has 1 aromatic rings. The molecular formula is C13H18N2O4S. The molecule has 0 atom stereocenters. The second kappa shape index (κ2) is 5.80. The summed E-state index contributed by atoms with van der Waals surface area (Å²) >= 11 is 1.27. The molecule has 0 bridgehead atoms. The van der Waals surface area contributed by atoms with Crippen molar-refractivity contribution in [1.82, 2.24) is 4.90 Å². The monoisotopic (exact) mass is 298 g/mol. The van der Waals surface area contributed by atoms with Gasteiger partial charge in [-0.2, -0.15) is 0 Å². The van der Waals surface area contributed by atoms with E-state index in [0.29, 0.717) is 36.5 Å². The molecule has 1 aromatic heterocycles. The van der Waals surface area contributed by atoms with Gasteiger partial charge < -0.3 is 15.1 Å². The quantitative estimate of drug-likeness (QED) is 0.779. The molecule has 6 nitrogen and oxygen atoms in total. The molecule has 0 aliphatic carbocycles. The van der Waals surface area contributed by atoms with E-state index in [1.807, 2.05) is 6.92 Å². The van der Waals surface area contributed by atoms with Gasteiger partial charge in [-0.1, -0.05) is 0 Å². The molecule has 0 radical (unpaired) electrons. The summed E-state index contributed by atoms with van der Waals surface area (Å²) in [5.74, 6) is -1.03. The minimum atomic E-state index is -1.03. The third-order valence-corrected chi connectivity index (χ3v) is 4.69. The lowest BCUT2D eigenvalue weighted by Gasteiger charge is -2.29. The molecule has 1 aliphatic rings. The van der Waals surface area contributed by atoms with Gasteiger partial charge >= 0.3 is 12.0 Å². The minimum Gasteiger partial charge on any atom is -0.478 e. The van der Waals surface area contributed by atoms with Gasteiger partial charge in [-0.15, -0.1) is 11.3 Å². The largest absolute Gasteiger partial charge is 0.478 e. The zero-order chi connectivity index (χ0) is 14.9. The number of hydrogen-bond donors (Lipinski definition) is 3. The third-order valence-electron chi connectivity index (χ3n) is 3.57. The lowest BCUT2D eigenvalue weighted by atomic mass is 10.1. The average Bonchev–Trinajstić information content (AvgIpc) is 2.65. The number of aromatic carboxylic acids is 1. The number of carbonyl (C=O) groups is 2. The molecule has 20 heavy (non-hydrogen) atoms. The number of amides is 2. The molecule has 3 N–H and O–H groups in total. The number of thiophene rings is 1. The highest BCUT2D eigenvalue weighted by molar-refractivity contribution is 7.16. The fraction of sp³-hybridized carbons (Fsp3) is 0.538. The Morgan fingerprint density at radius 3 is 2.45 bits per heavy atom. The van der Waals surface area contributed by atoms with Crippen LogP contribution in [0.2, 0.25) is 0 Å². The van der Waals surface area contributed by atoms with E-state index in [-0.39, 0.29) is 17.7 Å². The zero-order valence-corrected chi connectivity index (χ0v) is 12.3. The first-order chi connectivity index (χ1) is 9.40. The number of hydrogen-bond acceptors (Lipinski definition) is 4. The standard InChI is InChI=1S/C13H18N2O4S/c1-7-8(2)20-11(10(7)12(17)18)14-13(19)15-5-3-9(16)4-6-15/h9,16H,3-6H2,1-2H3,(H,14,19)(H,17,18). The van der Waals surface area contributed by atoms with Crippen molar-refractivity contribution in [3.63, 3.8) is 0 Å². The van der Waals surface area contributed by atoms with Gasteiger partial charge in [-0.05, 0) is 32.3 Å². The van der Waals surface area contributed by atoms with Crippen LogP contribution in [-0.4, -0.2) is 46.3 Å². The van der Waals surface area contributed by atoms with Crippen molar-refractivity contribution in [2.75, 3.05) is 18.4 Å². The molecular weight excluding hydrogens is 280 g/mol. The Kier molecular flexibility index (Phi) is 4.29. The van der Waals surface area contributed by atoms with Crippen molar-refractivity contribution >= 4 is 28.3 Å². The van der Waals surface area contributed by atoms with Crippen molar-refractivity contribution < 1.29 is 19.8 Å². The lowest BCUT2D eigenvalue weighted by molar-refractivity contribution is 0.0697. The number of carbonyl (C=O) groups excluding carboxylic acids is 1. The number of carboxylic acids is 1. The van der Waals surface area contributed by atoms with E-state index in [1.165, 1.54) is 11.3 Å². The summed E-state index contributed by atoms with van der Waals surface area (Å²) in [4.78, 5) is 25.9. The van der Waals surface area contributed by atoms with Crippen LogP contribution < -0.4 is 5.32 Å². The van der Waals surface area contributed by atoms with Gasteiger partial charge in [-0.3, -0.25) is 5.32 Å². The van der Waals surface area contributed by atoms with Gasteiger partial charge in [0.2, 0.25) is 0 Å². The molecule has 0 aromatic carbocycles. The number of aliphatic hydroxyl groups excluding tert-OH is 1. The molecule has 1 fully saturated rings. The molecule has 110 valence electrons. The first kappa shape index (κ1) is 14.8.